The molecule has 6 nitrogen and oxygen atoms in total. The average Bonchev–Trinajstić information content (AvgIpc) is 2.82. The number of tetrazole rings is 1. The van der Waals surface area contributed by atoms with Crippen molar-refractivity contribution in [1.82, 2.24) is 20.2 Å². The van der Waals surface area contributed by atoms with Crippen LogP contribution < -0.4 is 0 Å². The predicted octanol–water partition coefficient (Wildman–Crippen LogP) is 1.95. The van der Waals surface area contributed by atoms with Gasteiger partial charge in [0.2, 0.25) is 0 Å². The van der Waals surface area contributed by atoms with Crippen molar-refractivity contribution in [1.29, 1.82) is 0 Å². The van der Waals surface area contributed by atoms with Crippen molar-refractivity contribution in [3.05, 3.63) is 29.0 Å². The first-order valence-corrected chi connectivity index (χ1v) is 5.69. The van der Waals surface area contributed by atoms with Gasteiger partial charge in [0, 0.05) is 5.56 Å². The van der Waals surface area contributed by atoms with Crippen molar-refractivity contribution in [2.75, 3.05) is 0 Å². The fourth-order valence-electron chi connectivity index (χ4n) is 1.47. The van der Waals surface area contributed by atoms with Crippen molar-refractivity contribution < 1.29 is 14.3 Å². The van der Waals surface area contributed by atoms with Gasteiger partial charge in [-0.2, -0.15) is 0 Å². The summed E-state index contributed by atoms with van der Waals surface area (Å²) in [4.78, 5) is 11.2. The van der Waals surface area contributed by atoms with Gasteiger partial charge in [-0.15, -0.1) is 5.10 Å². The fourth-order valence-corrected chi connectivity index (χ4v) is 1.59. The van der Waals surface area contributed by atoms with E-state index < -0.39 is 17.3 Å². The molecule has 0 saturated carbocycles. The van der Waals surface area contributed by atoms with Crippen molar-refractivity contribution >= 4 is 17.6 Å². The maximum absolute atomic E-state index is 13.4. The number of carboxylic acids is 1. The largest absolute Gasteiger partial charge is 0.479 e. The average molecular weight is 285 g/mol. The van der Waals surface area contributed by atoms with Crippen molar-refractivity contribution in [2.45, 2.75) is 19.4 Å². The molecule has 1 N–H and O–H groups in total. The van der Waals surface area contributed by atoms with Crippen molar-refractivity contribution in [3.8, 4) is 11.4 Å². The summed E-state index contributed by atoms with van der Waals surface area (Å²) in [6.07, 6.45) is 0. The molecule has 0 bridgehead atoms. The number of hydrogen-bond donors (Lipinski definition) is 1. The van der Waals surface area contributed by atoms with Crippen LogP contribution in [0.2, 0.25) is 5.02 Å². The predicted molar refractivity (Wildman–Crippen MR) is 65.2 cm³/mol. The van der Waals surface area contributed by atoms with Crippen molar-refractivity contribution in [3.63, 3.8) is 0 Å². The number of hydrogen-bond acceptors (Lipinski definition) is 4. The molecule has 0 saturated heterocycles. The van der Waals surface area contributed by atoms with Gasteiger partial charge < -0.3 is 5.11 Å². The number of benzene rings is 1. The van der Waals surface area contributed by atoms with Crippen molar-refractivity contribution in [2.24, 2.45) is 0 Å². The van der Waals surface area contributed by atoms with E-state index in [1.54, 1.807) is 0 Å². The number of rotatable bonds is 3. The lowest BCUT2D eigenvalue weighted by Crippen LogP contribution is -2.37. The molecule has 1 heterocycles. The van der Waals surface area contributed by atoms with E-state index in [1.165, 1.54) is 26.0 Å². The molecule has 0 spiro atoms. The van der Waals surface area contributed by atoms with Crippen LogP contribution in [0.4, 0.5) is 4.39 Å². The van der Waals surface area contributed by atoms with Gasteiger partial charge in [-0.1, -0.05) is 11.6 Å². The standard InChI is InChI=1S/C11H10ClFN4O2/c1-11(2,10(18)19)17-9(14-15-16-17)6-3-4-7(12)8(13)5-6/h3-5H,1-2H3,(H,18,19). The van der Waals surface area contributed by atoms with E-state index in [-0.39, 0.29) is 10.8 Å². The minimum absolute atomic E-state index is 0.0275. The Kier molecular flexibility index (Phi) is 3.23. The lowest BCUT2D eigenvalue weighted by molar-refractivity contribution is -0.146. The summed E-state index contributed by atoms with van der Waals surface area (Å²) in [5.41, 5.74) is -1.00. The Hall–Kier alpha value is -2.02. The highest BCUT2D eigenvalue weighted by Gasteiger charge is 2.33. The van der Waals surface area contributed by atoms with Gasteiger partial charge in [-0.25, -0.2) is 13.9 Å². The number of halogens is 2. The molecular formula is C11H10ClFN4O2. The molecule has 2 aromatic rings. The third-order valence-corrected chi connectivity index (χ3v) is 3.01. The number of aromatic nitrogens is 4. The topological polar surface area (TPSA) is 80.9 Å². The quantitative estimate of drug-likeness (QED) is 0.932. The van der Waals surface area contributed by atoms with Crippen LogP contribution in [-0.2, 0) is 10.3 Å². The zero-order chi connectivity index (χ0) is 14.2. The highest BCUT2D eigenvalue weighted by molar-refractivity contribution is 6.30. The highest BCUT2D eigenvalue weighted by atomic mass is 35.5. The van der Waals surface area contributed by atoms with E-state index in [4.69, 9.17) is 11.6 Å². The molecule has 100 valence electrons. The third kappa shape index (κ3) is 2.28. The summed E-state index contributed by atoms with van der Waals surface area (Å²) >= 11 is 5.59. The van der Waals surface area contributed by atoms with Gasteiger partial charge in [-0.3, -0.25) is 0 Å². The summed E-state index contributed by atoms with van der Waals surface area (Å²) in [6, 6.07) is 4.03. The zero-order valence-electron chi connectivity index (χ0n) is 10.1. The van der Waals surface area contributed by atoms with Crippen LogP contribution in [0.25, 0.3) is 11.4 Å². The first-order valence-electron chi connectivity index (χ1n) is 5.31. The number of carbonyl (C=O) groups is 1. The molecule has 1 aromatic heterocycles. The van der Waals surface area contributed by atoms with Gasteiger partial charge in [-0.05, 0) is 42.5 Å². The molecule has 0 unspecified atom stereocenters. The minimum atomic E-state index is -1.35. The maximum atomic E-state index is 13.4. The Labute approximate surface area is 112 Å². The molecule has 0 aliphatic heterocycles. The molecule has 1 aromatic carbocycles. The summed E-state index contributed by atoms with van der Waals surface area (Å²) in [5, 5.41) is 20.0. The van der Waals surface area contributed by atoms with Gasteiger partial charge in [0.1, 0.15) is 5.82 Å². The number of nitrogens with zero attached hydrogens (tertiary/aromatic N) is 4. The van der Waals surface area contributed by atoms with Crippen LogP contribution in [0.1, 0.15) is 13.8 Å². The van der Waals surface area contributed by atoms with Gasteiger partial charge >= 0.3 is 5.97 Å². The molecule has 0 aliphatic carbocycles. The summed E-state index contributed by atoms with van der Waals surface area (Å²) in [6.45, 7) is 2.89. The second kappa shape index (κ2) is 4.58. The van der Waals surface area contributed by atoms with Crippen LogP contribution in [0.15, 0.2) is 18.2 Å². The summed E-state index contributed by atoms with van der Waals surface area (Å²) in [7, 11) is 0. The second-order valence-corrected chi connectivity index (χ2v) is 4.81. The Morgan fingerprint density at radius 3 is 2.74 bits per heavy atom. The molecule has 2 rings (SSSR count). The molecule has 0 radical (unpaired) electrons. The number of carboxylic acid groups (broad SMARTS) is 1. The second-order valence-electron chi connectivity index (χ2n) is 4.41. The summed E-state index contributed by atoms with van der Waals surface area (Å²) in [5.74, 6) is -1.57. The van der Waals surface area contributed by atoms with Crippen LogP contribution in [0, 0.1) is 5.82 Å². The van der Waals surface area contributed by atoms with Crippen LogP contribution >= 0.6 is 11.6 Å². The Morgan fingerprint density at radius 1 is 1.47 bits per heavy atom. The SMILES string of the molecule is CC(C)(C(=O)O)n1nnnc1-c1ccc(Cl)c(F)c1. The van der Waals surface area contributed by atoms with Crippen LogP contribution in [-0.4, -0.2) is 31.3 Å². The van der Waals surface area contributed by atoms with E-state index in [0.29, 0.717) is 5.56 Å². The molecule has 0 aliphatic rings. The van der Waals surface area contributed by atoms with E-state index in [0.717, 1.165) is 10.7 Å². The van der Waals surface area contributed by atoms with Crippen LogP contribution in [0.5, 0.6) is 0 Å². The minimum Gasteiger partial charge on any atom is -0.479 e. The third-order valence-electron chi connectivity index (χ3n) is 2.70. The molecule has 8 heteroatoms. The number of aliphatic carboxylic acids is 1. The first kappa shape index (κ1) is 13.4. The Bertz CT molecular complexity index is 641. The molecular weight excluding hydrogens is 275 g/mol. The Balaban J connectivity index is 2.56. The molecule has 0 fully saturated rings. The first-order chi connectivity index (χ1) is 8.84. The molecule has 0 atom stereocenters. The van der Waals surface area contributed by atoms with Gasteiger partial charge in [0.05, 0.1) is 5.02 Å². The lowest BCUT2D eigenvalue weighted by Gasteiger charge is -2.20. The van der Waals surface area contributed by atoms with Gasteiger partial charge in [0.15, 0.2) is 11.4 Å². The van der Waals surface area contributed by atoms with E-state index in [1.807, 2.05) is 0 Å². The zero-order valence-corrected chi connectivity index (χ0v) is 10.9. The van der Waals surface area contributed by atoms with E-state index >= 15 is 0 Å². The molecule has 0 amide bonds. The highest BCUT2D eigenvalue weighted by Crippen LogP contribution is 2.26. The normalized spacial score (nSPS) is 11.6. The van der Waals surface area contributed by atoms with E-state index in [2.05, 4.69) is 15.5 Å². The monoisotopic (exact) mass is 284 g/mol. The Morgan fingerprint density at radius 2 is 2.16 bits per heavy atom. The smallest absolute Gasteiger partial charge is 0.331 e. The fraction of sp³-hybridized carbons (Fsp3) is 0.273. The summed E-state index contributed by atoms with van der Waals surface area (Å²) < 4.78 is 14.6. The molecule has 19 heavy (non-hydrogen) atoms. The van der Waals surface area contributed by atoms with E-state index in [9.17, 15) is 14.3 Å². The van der Waals surface area contributed by atoms with Gasteiger partial charge in [0.25, 0.3) is 0 Å². The van der Waals surface area contributed by atoms with Crippen LogP contribution in [0.3, 0.4) is 0 Å². The maximum Gasteiger partial charge on any atom is 0.331 e. The lowest BCUT2D eigenvalue weighted by atomic mass is 10.1.